The number of carbonyl (C=O) groups excluding carboxylic acids is 1. The van der Waals surface area contributed by atoms with Gasteiger partial charge in [-0.1, -0.05) is 6.07 Å². The highest BCUT2D eigenvalue weighted by molar-refractivity contribution is 5.97. The molecule has 130 valence electrons. The highest BCUT2D eigenvalue weighted by Crippen LogP contribution is 2.50. The summed E-state index contributed by atoms with van der Waals surface area (Å²) in [4.78, 5) is 23.6. The molecule has 24 heavy (non-hydrogen) atoms. The van der Waals surface area contributed by atoms with E-state index in [2.05, 4.69) is 5.32 Å². The summed E-state index contributed by atoms with van der Waals surface area (Å²) in [5, 5.41) is 12.1. The third kappa shape index (κ3) is 3.03. The molecule has 1 heterocycles. The van der Waals surface area contributed by atoms with Crippen molar-refractivity contribution in [3.8, 4) is 0 Å². The van der Waals surface area contributed by atoms with E-state index < -0.39 is 5.97 Å². The van der Waals surface area contributed by atoms with Gasteiger partial charge < -0.3 is 19.9 Å². The fraction of sp³-hybridized carbons (Fsp3) is 0.556. The molecular weight excluding hydrogens is 310 g/mol. The zero-order valence-electron chi connectivity index (χ0n) is 13.8. The Kier molecular flexibility index (Phi) is 4.87. The summed E-state index contributed by atoms with van der Waals surface area (Å²) in [5.74, 6) is -1.27. The topological polar surface area (TPSA) is 84.9 Å². The average molecular weight is 333 g/mol. The molecule has 0 unspecified atom stereocenters. The summed E-state index contributed by atoms with van der Waals surface area (Å²) < 4.78 is 11.3. The largest absolute Gasteiger partial charge is 0.478 e. The van der Waals surface area contributed by atoms with Gasteiger partial charge in [0.1, 0.15) is 0 Å². The number of nitrogens with one attached hydrogen (secondary N) is 1. The molecule has 0 radical (unpaired) electrons. The number of amides is 1. The minimum Gasteiger partial charge on any atom is -0.478 e. The van der Waals surface area contributed by atoms with Crippen LogP contribution in [0, 0.1) is 5.41 Å². The Morgan fingerprint density at radius 2 is 2.04 bits per heavy atom. The predicted octanol–water partition coefficient (Wildman–Crippen LogP) is 2.09. The Balaban J connectivity index is 1.72. The molecule has 2 fully saturated rings. The fourth-order valence-electron chi connectivity index (χ4n) is 3.84. The summed E-state index contributed by atoms with van der Waals surface area (Å²) in [6.07, 6.45) is 2.69. The molecule has 2 N–H and O–H groups in total. The van der Waals surface area contributed by atoms with E-state index in [9.17, 15) is 9.59 Å². The SMILES string of the molecule is CCO[C@@H]1C[C@@H](NC(=O)c2cccc(C(=O)O)c2)C12CCOCC2. The number of carboxylic acids is 1. The summed E-state index contributed by atoms with van der Waals surface area (Å²) in [5.41, 5.74) is 0.426. The van der Waals surface area contributed by atoms with E-state index in [0.717, 1.165) is 19.3 Å². The van der Waals surface area contributed by atoms with Crippen LogP contribution in [0.15, 0.2) is 24.3 Å². The summed E-state index contributed by atoms with van der Waals surface area (Å²) in [6.45, 7) is 4.01. The number of aromatic carboxylic acids is 1. The molecule has 1 aromatic rings. The second kappa shape index (κ2) is 6.91. The van der Waals surface area contributed by atoms with E-state index in [4.69, 9.17) is 14.6 Å². The molecule has 1 aliphatic carbocycles. The maximum Gasteiger partial charge on any atom is 0.335 e. The molecule has 0 aromatic heterocycles. The van der Waals surface area contributed by atoms with Gasteiger partial charge in [-0.3, -0.25) is 4.79 Å². The van der Waals surface area contributed by atoms with Crippen molar-refractivity contribution < 1.29 is 24.2 Å². The van der Waals surface area contributed by atoms with E-state index >= 15 is 0 Å². The van der Waals surface area contributed by atoms with E-state index in [1.54, 1.807) is 12.1 Å². The Labute approximate surface area is 141 Å². The first kappa shape index (κ1) is 16.9. The molecule has 3 rings (SSSR count). The van der Waals surface area contributed by atoms with Crippen molar-refractivity contribution in [3.05, 3.63) is 35.4 Å². The van der Waals surface area contributed by atoms with E-state index in [1.165, 1.54) is 12.1 Å². The van der Waals surface area contributed by atoms with Gasteiger partial charge in [0.25, 0.3) is 5.91 Å². The lowest BCUT2D eigenvalue weighted by molar-refractivity contribution is -0.170. The van der Waals surface area contributed by atoms with E-state index in [-0.39, 0.29) is 29.0 Å². The normalized spacial score (nSPS) is 25.0. The van der Waals surface area contributed by atoms with Crippen LogP contribution in [0.1, 0.15) is 46.9 Å². The lowest BCUT2D eigenvalue weighted by Crippen LogP contribution is -2.66. The van der Waals surface area contributed by atoms with Crippen molar-refractivity contribution in [2.75, 3.05) is 19.8 Å². The lowest BCUT2D eigenvalue weighted by atomic mass is 9.57. The van der Waals surface area contributed by atoms with Crippen molar-refractivity contribution in [1.29, 1.82) is 0 Å². The van der Waals surface area contributed by atoms with Gasteiger partial charge in [-0.2, -0.15) is 0 Å². The minimum absolute atomic E-state index is 0.0407. The highest BCUT2D eigenvalue weighted by atomic mass is 16.5. The molecule has 1 saturated carbocycles. The molecule has 1 amide bonds. The molecular formula is C18H23NO5. The predicted molar refractivity (Wildman–Crippen MR) is 87.2 cm³/mol. The summed E-state index contributed by atoms with van der Waals surface area (Å²) in [6, 6.07) is 6.16. The van der Waals surface area contributed by atoms with Crippen molar-refractivity contribution in [2.45, 2.75) is 38.3 Å². The molecule has 2 atom stereocenters. The Morgan fingerprint density at radius 1 is 1.33 bits per heavy atom. The van der Waals surface area contributed by atoms with Crippen molar-refractivity contribution >= 4 is 11.9 Å². The van der Waals surface area contributed by atoms with Gasteiger partial charge in [0.05, 0.1) is 11.7 Å². The standard InChI is InChI=1S/C18H23NO5/c1-2-24-15-11-14(18(15)6-8-23-9-7-18)19-16(20)12-4-3-5-13(10-12)17(21)22/h3-5,10,14-15H,2,6-9,11H2,1H3,(H,19,20)(H,21,22)/t14-,15-/m1/s1. The van der Waals surface area contributed by atoms with Crippen LogP contribution in [0.3, 0.4) is 0 Å². The number of hydrogen-bond donors (Lipinski definition) is 2. The van der Waals surface area contributed by atoms with Crippen LogP contribution in [0.25, 0.3) is 0 Å². The Hall–Kier alpha value is -1.92. The number of benzene rings is 1. The fourth-order valence-corrected chi connectivity index (χ4v) is 3.84. The number of carboxylic acid groups (broad SMARTS) is 1. The van der Waals surface area contributed by atoms with Crippen molar-refractivity contribution in [2.24, 2.45) is 5.41 Å². The van der Waals surface area contributed by atoms with Crippen LogP contribution in [-0.2, 0) is 9.47 Å². The number of rotatable bonds is 5. The first-order chi connectivity index (χ1) is 11.6. The van der Waals surface area contributed by atoms with E-state index in [1.807, 2.05) is 6.92 Å². The second-order valence-electron chi connectivity index (χ2n) is 6.44. The van der Waals surface area contributed by atoms with Crippen LogP contribution in [-0.4, -0.2) is 48.9 Å². The van der Waals surface area contributed by atoms with Crippen LogP contribution < -0.4 is 5.32 Å². The number of ether oxygens (including phenoxy) is 2. The third-order valence-electron chi connectivity index (χ3n) is 5.25. The zero-order valence-corrected chi connectivity index (χ0v) is 13.8. The van der Waals surface area contributed by atoms with Gasteiger partial charge in [0, 0.05) is 36.8 Å². The third-order valence-corrected chi connectivity index (χ3v) is 5.25. The Morgan fingerprint density at radius 3 is 2.71 bits per heavy atom. The van der Waals surface area contributed by atoms with Crippen molar-refractivity contribution in [3.63, 3.8) is 0 Å². The van der Waals surface area contributed by atoms with Gasteiger partial charge in [0.15, 0.2) is 0 Å². The summed E-state index contributed by atoms with van der Waals surface area (Å²) >= 11 is 0. The summed E-state index contributed by atoms with van der Waals surface area (Å²) in [7, 11) is 0. The first-order valence-corrected chi connectivity index (χ1v) is 8.40. The number of hydrogen-bond acceptors (Lipinski definition) is 4. The average Bonchev–Trinajstić information content (AvgIpc) is 2.61. The Bertz CT molecular complexity index is 624. The smallest absolute Gasteiger partial charge is 0.335 e. The quantitative estimate of drug-likeness (QED) is 0.862. The van der Waals surface area contributed by atoms with Crippen molar-refractivity contribution in [1.82, 2.24) is 5.32 Å². The number of carbonyl (C=O) groups is 2. The molecule has 0 bridgehead atoms. The first-order valence-electron chi connectivity index (χ1n) is 8.40. The second-order valence-corrected chi connectivity index (χ2v) is 6.44. The maximum absolute atomic E-state index is 12.5. The molecule has 6 heteroatoms. The van der Waals surface area contributed by atoms with Crippen LogP contribution >= 0.6 is 0 Å². The zero-order chi connectivity index (χ0) is 17.2. The molecule has 6 nitrogen and oxygen atoms in total. The van der Waals surface area contributed by atoms with Crippen LogP contribution in [0.2, 0.25) is 0 Å². The van der Waals surface area contributed by atoms with Crippen LogP contribution in [0.5, 0.6) is 0 Å². The van der Waals surface area contributed by atoms with Gasteiger partial charge in [-0.05, 0) is 44.4 Å². The monoisotopic (exact) mass is 333 g/mol. The van der Waals surface area contributed by atoms with Gasteiger partial charge in [-0.25, -0.2) is 4.79 Å². The lowest BCUT2D eigenvalue weighted by Gasteiger charge is -2.57. The van der Waals surface area contributed by atoms with Gasteiger partial charge in [0.2, 0.25) is 0 Å². The maximum atomic E-state index is 12.5. The van der Waals surface area contributed by atoms with Crippen LogP contribution in [0.4, 0.5) is 0 Å². The van der Waals surface area contributed by atoms with Gasteiger partial charge >= 0.3 is 5.97 Å². The van der Waals surface area contributed by atoms with E-state index in [0.29, 0.717) is 25.4 Å². The molecule has 1 aliphatic heterocycles. The molecule has 1 aromatic carbocycles. The highest BCUT2D eigenvalue weighted by Gasteiger charge is 2.56. The van der Waals surface area contributed by atoms with Gasteiger partial charge in [-0.15, -0.1) is 0 Å². The molecule has 2 aliphatic rings. The minimum atomic E-state index is -1.04. The molecule has 1 spiro atoms. The molecule has 1 saturated heterocycles.